The van der Waals surface area contributed by atoms with Crippen molar-refractivity contribution < 1.29 is 8.95 Å². The molecule has 16 heavy (non-hydrogen) atoms. The molecule has 0 amide bonds. The summed E-state index contributed by atoms with van der Waals surface area (Å²) in [6.07, 6.45) is 3.41. The average molecular weight is 242 g/mol. The van der Waals surface area contributed by atoms with Crippen molar-refractivity contribution in [2.75, 3.05) is 19.1 Å². The number of rotatable bonds is 6. The molecular formula is C11H18N2O2S. The molecule has 2 atom stereocenters. The zero-order valence-electron chi connectivity index (χ0n) is 9.90. The summed E-state index contributed by atoms with van der Waals surface area (Å²) < 4.78 is 16.2. The average Bonchev–Trinajstić information content (AvgIpc) is 2.26. The molecule has 1 rings (SSSR count). The van der Waals surface area contributed by atoms with E-state index >= 15 is 0 Å². The number of hydrogen-bond donors (Lipinski definition) is 1. The van der Waals surface area contributed by atoms with Crippen LogP contribution in [-0.4, -0.2) is 34.4 Å². The Bertz CT molecular complexity index is 358. The highest BCUT2D eigenvalue weighted by Gasteiger charge is 2.06. The molecule has 0 fully saturated rings. The Morgan fingerprint density at radius 3 is 3.00 bits per heavy atom. The Labute approximate surface area is 98.9 Å². The fourth-order valence-electron chi connectivity index (χ4n) is 1.44. The van der Waals surface area contributed by atoms with Crippen LogP contribution >= 0.6 is 0 Å². The van der Waals surface area contributed by atoms with Gasteiger partial charge in [0.25, 0.3) is 0 Å². The van der Waals surface area contributed by atoms with E-state index in [2.05, 4.69) is 10.3 Å². The quantitative estimate of drug-likeness (QED) is 0.807. The normalized spacial score (nSPS) is 14.4. The van der Waals surface area contributed by atoms with E-state index in [1.54, 1.807) is 19.6 Å². The molecule has 1 N–H and O–H groups in total. The third-order valence-corrected chi connectivity index (χ3v) is 3.14. The van der Waals surface area contributed by atoms with Crippen LogP contribution in [-0.2, 0) is 17.3 Å². The maximum atomic E-state index is 11.0. The predicted octanol–water partition coefficient (Wildman–Crippen LogP) is 0.947. The molecule has 0 aliphatic carbocycles. The van der Waals surface area contributed by atoms with Gasteiger partial charge in [-0.25, -0.2) is 4.98 Å². The van der Waals surface area contributed by atoms with E-state index in [-0.39, 0.29) is 6.04 Å². The number of aromatic nitrogens is 1. The van der Waals surface area contributed by atoms with Crippen molar-refractivity contribution in [3.8, 4) is 5.88 Å². The molecule has 1 aromatic rings. The van der Waals surface area contributed by atoms with Gasteiger partial charge in [0.2, 0.25) is 5.88 Å². The third kappa shape index (κ3) is 4.28. The first-order chi connectivity index (χ1) is 7.63. The molecule has 0 aliphatic rings. The zero-order valence-corrected chi connectivity index (χ0v) is 10.7. The Hall–Kier alpha value is -0.940. The lowest BCUT2D eigenvalue weighted by atomic mass is 10.2. The van der Waals surface area contributed by atoms with E-state index in [9.17, 15) is 4.21 Å². The molecule has 0 aromatic carbocycles. The molecule has 90 valence electrons. The Balaban J connectivity index is 2.50. The van der Waals surface area contributed by atoms with Gasteiger partial charge >= 0.3 is 0 Å². The summed E-state index contributed by atoms with van der Waals surface area (Å²) in [4.78, 5) is 4.11. The van der Waals surface area contributed by atoms with Gasteiger partial charge < -0.3 is 10.1 Å². The van der Waals surface area contributed by atoms with E-state index in [4.69, 9.17) is 4.74 Å². The van der Waals surface area contributed by atoms with Crippen molar-refractivity contribution in [1.29, 1.82) is 0 Å². The monoisotopic (exact) mass is 242 g/mol. The van der Waals surface area contributed by atoms with Crippen LogP contribution in [0.15, 0.2) is 18.3 Å². The van der Waals surface area contributed by atoms with Gasteiger partial charge in [-0.3, -0.25) is 4.21 Å². The van der Waals surface area contributed by atoms with Gasteiger partial charge in [0.1, 0.15) is 0 Å². The molecule has 2 unspecified atom stereocenters. The lowest BCUT2D eigenvalue weighted by molar-refractivity contribution is 0.389. The summed E-state index contributed by atoms with van der Waals surface area (Å²) in [5.74, 6) is 1.29. The summed E-state index contributed by atoms with van der Waals surface area (Å²) in [7, 11) is 0.837. The van der Waals surface area contributed by atoms with Gasteiger partial charge in [0.05, 0.1) is 7.11 Å². The van der Waals surface area contributed by atoms with Crippen molar-refractivity contribution in [1.82, 2.24) is 10.3 Å². The SMILES string of the molecule is COc1ncccc1CNC(C)CS(C)=O. The zero-order chi connectivity index (χ0) is 12.0. The number of nitrogens with zero attached hydrogens (tertiary/aromatic N) is 1. The first-order valence-electron chi connectivity index (χ1n) is 5.14. The molecule has 0 radical (unpaired) electrons. The molecule has 0 bridgehead atoms. The highest BCUT2D eigenvalue weighted by Crippen LogP contribution is 2.12. The van der Waals surface area contributed by atoms with Gasteiger partial charge in [0, 0.05) is 47.2 Å². The molecule has 0 saturated carbocycles. The van der Waals surface area contributed by atoms with Crippen LogP contribution in [0.1, 0.15) is 12.5 Å². The molecule has 1 aromatic heterocycles. The second kappa shape index (κ2) is 6.60. The third-order valence-electron chi connectivity index (χ3n) is 2.17. The van der Waals surface area contributed by atoms with Crippen molar-refractivity contribution in [2.45, 2.75) is 19.5 Å². The summed E-state index contributed by atoms with van der Waals surface area (Å²) >= 11 is 0. The van der Waals surface area contributed by atoms with Gasteiger partial charge in [-0.1, -0.05) is 6.07 Å². The Kier molecular flexibility index (Phi) is 5.42. The molecule has 0 aliphatic heterocycles. The minimum absolute atomic E-state index is 0.218. The molecular weight excluding hydrogens is 224 g/mol. The predicted molar refractivity (Wildman–Crippen MR) is 66.0 cm³/mol. The minimum Gasteiger partial charge on any atom is -0.481 e. The van der Waals surface area contributed by atoms with Crippen LogP contribution in [0.25, 0.3) is 0 Å². The van der Waals surface area contributed by atoms with Gasteiger partial charge in [-0.15, -0.1) is 0 Å². The number of nitrogens with one attached hydrogen (secondary N) is 1. The number of pyridine rings is 1. The number of hydrogen-bond acceptors (Lipinski definition) is 4. The summed E-state index contributed by atoms with van der Waals surface area (Å²) in [6, 6.07) is 4.06. The van der Waals surface area contributed by atoms with E-state index < -0.39 is 10.8 Å². The topological polar surface area (TPSA) is 51.2 Å². The lowest BCUT2D eigenvalue weighted by Crippen LogP contribution is -2.30. The van der Waals surface area contributed by atoms with Crippen molar-refractivity contribution in [3.63, 3.8) is 0 Å². The summed E-state index contributed by atoms with van der Waals surface area (Å²) in [5, 5.41) is 3.29. The minimum atomic E-state index is -0.770. The van der Waals surface area contributed by atoms with E-state index in [0.29, 0.717) is 18.2 Å². The fraction of sp³-hybridized carbons (Fsp3) is 0.545. The van der Waals surface area contributed by atoms with Crippen LogP contribution in [0.2, 0.25) is 0 Å². The fourth-order valence-corrected chi connectivity index (χ4v) is 2.26. The largest absolute Gasteiger partial charge is 0.481 e. The standard InChI is InChI=1S/C11H18N2O2S/c1-9(8-16(3)14)13-7-10-5-4-6-12-11(10)15-2/h4-6,9,13H,7-8H2,1-3H3. The maximum absolute atomic E-state index is 11.0. The second-order valence-corrected chi connectivity index (χ2v) is 5.17. The van der Waals surface area contributed by atoms with E-state index in [1.807, 2.05) is 19.1 Å². The summed E-state index contributed by atoms with van der Waals surface area (Å²) in [5.41, 5.74) is 1.01. The Morgan fingerprint density at radius 2 is 2.38 bits per heavy atom. The first kappa shape index (κ1) is 13.1. The van der Waals surface area contributed by atoms with Crippen LogP contribution < -0.4 is 10.1 Å². The van der Waals surface area contributed by atoms with E-state index in [1.165, 1.54) is 0 Å². The van der Waals surface area contributed by atoms with Crippen LogP contribution in [0.4, 0.5) is 0 Å². The van der Waals surface area contributed by atoms with E-state index in [0.717, 1.165) is 5.56 Å². The van der Waals surface area contributed by atoms with Crippen LogP contribution in [0, 0.1) is 0 Å². The van der Waals surface area contributed by atoms with Crippen molar-refractivity contribution in [2.24, 2.45) is 0 Å². The van der Waals surface area contributed by atoms with Gasteiger partial charge in [-0.2, -0.15) is 0 Å². The second-order valence-electron chi connectivity index (χ2n) is 3.69. The number of ether oxygens (including phenoxy) is 1. The van der Waals surface area contributed by atoms with Crippen molar-refractivity contribution >= 4 is 10.8 Å². The van der Waals surface area contributed by atoms with Crippen LogP contribution in [0.3, 0.4) is 0 Å². The van der Waals surface area contributed by atoms with Gasteiger partial charge in [-0.05, 0) is 13.0 Å². The first-order valence-corrected chi connectivity index (χ1v) is 6.87. The highest BCUT2D eigenvalue weighted by molar-refractivity contribution is 7.84. The van der Waals surface area contributed by atoms with Gasteiger partial charge in [0.15, 0.2) is 0 Å². The smallest absolute Gasteiger partial charge is 0.217 e. The molecule has 4 nitrogen and oxygen atoms in total. The molecule has 0 spiro atoms. The lowest BCUT2D eigenvalue weighted by Gasteiger charge is -2.13. The highest BCUT2D eigenvalue weighted by atomic mass is 32.2. The molecule has 5 heteroatoms. The molecule has 0 saturated heterocycles. The maximum Gasteiger partial charge on any atom is 0.217 e. The Morgan fingerprint density at radius 1 is 1.62 bits per heavy atom. The van der Waals surface area contributed by atoms with Crippen LogP contribution in [0.5, 0.6) is 5.88 Å². The molecule has 1 heterocycles. The summed E-state index contributed by atoms with van der Waals surface area (Å²) in [6.45, 7) is 2.69. The van der Waals surface area contributed by atoms with Crippen molar-refractivity contribution in [3.05, 3.63) is 23.9 Å². The number of methoxy groups -OCH3 is 1.